The molecule has 24 heavy (non-hydrogen) atoms. The van der Waals surface area contributed by atoms with Crippen molar-refractivity contribution in [1.29, 1.82) is 0 Å². The number of amides is 1. The number of benzene rings is 2. The van der Waals surface area contributed by atoms with Crippen LogP contribution in [0.1, 0.15) is 34.2 Å². The largest absolute Gasteiger partial charge is 0.364 e. The molecule has 3 aromatic rings. The van der Waals surface area contributed by atoms with Crippen LogP contribution < -0.4 is 5.73 Å². The van der Waals surface area contributed by atoms with Crippen molar-refractivity contribution in [2.75, 3.05) is 0 Å². The zero-order valence-electron chi connectivity index (χ0n) is 14.0. The van der Waals surface area contributed by atoms with E-state index < -0.39 is 5.91 Å². The second-order valence-electron chi connectivity index (χ2n) is 5.85. The van der Waals surface area contributed by atoms with Gasteiger partial charge in [0.15, 0.2) is 0 Å². The molecule has 0 atom stereocenters. The molecule has 2 aromatic carbocycles. The smallest absolute Gasteiger partial charge is 0.267 e. The fraction of sp³-hybridized carbons (Fsp3) is 0.200. The standard InChI is InChI=1S/C20H21N3O/c1-3-17-18(16-12-8-7-9-14(16)2)19(20(21)24)23(22-17)13-15-10-5-4-6-11-15/h4-12H,3,13H2,1-2H3,(H2,21,24). The summed E-state index contributed by atoms with van der Waals surface area (Å²) in [5.74, 6) is -0.448. The van der Waals surface area contributed by atoms with E-state index in [0.29, 0.717) is 12.2 Å². The van der Waals surface area contributed by atoms with Crippen LogP contribution in [-0.4, -0.2) is 15.7 Å². The summed E-state index contributed by atoms with van der Waals surface area (Å²) in [5.41, 5.74) is 11.2. The number of nitrogens with zero attached hydrogens (tertiary/aromatic N) is 2. The first kappa shape index (κ1) is 16.0. The topological polar surface area (TPSA) is 60.9 Å². The summed E-state index contributed by atoms with van der Waals surface area (Å²) < 4.78 is 1.73. The summed E-state index contributed by atoms with van der Waals surface area (Å²) in [6, 6.07) is 18.0. The lowest BCUT2D eigenvalue weighted by Crippen LogP contribution is -2.19. The third kappa shape index (κ3) is 2.95. The van der Waals surface area contributed by atoms with Crippen LogP contribution in [0.3, 0.4) is 0 Å². The minimum absolute atomic E-state index is 0.448. The average Bonchev–Trinajstić information content (AvgIpc) is 2.94. The number of aryl methyl sites for hydroxylation is 2. The molecule has 0 spiro atoms. The Morgan fingerprint density at radius 2 is 1.75 bits per heavy atom. The number of hydrogen-bond acceptors (Lipinski definition) is 2. The normalized spacial score (nSPS) is 10.8. The summed E-state index contributed by atoms with van der Waals surface area (Å²) in [4.78, 5) is 12.2. The van der Waals surface area contributed by atoms with Gasteiger partial charge in [-0.25, -0.2) is 0 Å². The van der Waals surface area contributed by atoms with Crippen molar-refractivity contribution in [2.45, 2.75) is 26.8 Å². The van der Waals surface area contributed by atoms with Crippen molar-refractivity contribution in [1.82, 2.24) is 9.78 Å². The molecular formula is C20H21N3O. The lowest BCUT2D eigenvalue weighted by atomic mass is 9.97. The van der Waals surface area contributed by atoms with E-state index in [1.54, 1.807) is 4.68 Å². The molecule has 0 bridgehead atoms. The van der Waals surface area contributed by atoms with E-state index >= 15 is 0 Å². The van der Waals surface area contributed by atoms with Gasteiger partial charge in [-0.3, -0.25) is 9.48 Å². The molecule has 1 heterocycles. The van der Waals surface area contributed by atoms with Gasteiger partial charge in [0.1, 0.15) is 5.69 Å². The summed E-state index contributed by atoms with van der Waals surface area (Å²) in [7, 11) is 0. The number of carbonyl (C=O) groups is 1. The third-order valence-corrected chi connectivity index (χ3v) is 4.18. The van der Waals surface area contributed by atoms with E-state index in [4.69, 9.17) is 5.73 Å². The molecule has 3 rings (SSSR count). The summed E-state index contributed by atoms with van der Waals surface area (Å²) in [6.07, 6.45) is 0.742. The highest BCUT2D eigenvalue weighted by molar-refractivity contribution is 5.99. The number of nitrogens with two attached hydrogens (primary N) is 1. The van der Waals surface area contributed by atoms with Crippen LogP contribution in [0.15, 0.2) is 54.6 Å². The molecule has 1 amide bonds. The highest BCUT2D eigenvalue weighted by Gasteiger charge is 2.23. The second-order valence-corrected chi connectivity index (χ2v) is 5.85. The van der Waals surface area contributed by atoms with Gasteiger partial charge in [-0.1, -0.05) is 61.5 Å². The van der Waals surface area contributed by atoms with Gasteiger partial charge in [0.2, 0.25) is 0 Å². The van der Waals surface area contributed by atoms with Crippen LogP contribution in [0.5, 0.6) is 0 Å². The molecule has 0 fully saturated rings. The van der Waals surface area contributed by atoms with Crippen molar-refractivity contribution >= 4 is 5.91 Å². The Bertz CT molecular complexity index is 866. The van der Waals surface area contributed by atoms with Gasteiger partial charge in [-0.05, 0) is 30.0 Å². The van der Waals surface area contributed by atoms with Gasteiger partial charge in [0.05, 0.1) is 12.2 Å². The predicted octanol–water partition coefficient (Wildman–Crippen LogP) is 3.57. The number of rotatable bonds is 5. The van der Waals surface area contributed by atoms with Crippen LogP contribution >= 0.6 is 0 Å². The first-order chi connectivity index (χ1) is 11.6. The van der Waals surface area contributed by atoms with E-state index in [0.717, 1.165) is 34.4 Å². The van der Waals surface area contributed by atoms with Crippen LogP contribution in [0.2, 0.25) is 0 Å². The maximum absolute atomic E-state index is 12.2. The van der Waals surface area contributed by atoms with Gasteiger partial charge in [-0.15, -0.1) is 0 Å². The molecule has 0 aliphatic heterocycles. The molecule has 0 saturated heterocycles. The van der Waals surface area contributed by atoms with Crippen LogP contribution in [0, 0.1) is 6.92 Å². The maximum Gasteiger partial charge on any atom is 0.267 e. The van der Waals surface area contributed by atoms with E-state index in [1.807, 2.05) is 68.4 Å². The molecule has 1 aromatic heterocycles. The quantitative estimate of drug-likeness (QED) is 0.781. The molecular weight excluding hydrogens is 298 g/mol. The average molecular weight is 319 g/mol. The van der Waals surface area contributed by atoms with Gasteiger partial charge in [0, 0.05) is 5.56 Å². The third-order valence-electron chi connectivity index (χ3n) is 4.18. The zero-order chi connectivity index (χ0) is 17.1. The molecule has 4 heteroatoms. The molecule has 2 N–H and O–H groups in total. The number of primary amides is 1. The maximum atomic E-state index is 12.2. The second kappa shape index (κ2) is 6.71. The van der Waals surface area contributed by atoms with Gasteiger partial charge >= 0.3 is 0 Å². The molecule has 0 aliphatic carbocycles. The molecule has 122 valence electrons. The zero-order valence-corrected chi connectivity index (χ0v) is 14.0. The highest BCUT2D eigenvalue weighted by Crippen LogP contribution is 2.31. The number of carbonyl (C=O) groups excluding carboxylic acids is 1. The molecule has 0 aliphatic rings. The van der Waals surface area contributed by atoms with Crippen molar-refractivity contribution in [3.63, 3.8) is 0 Å². The SMILES string of the molecule is CCc1nn(Cc2ccccc2)c(C(N)=O)c1-c1ccccc1C. The summed E-state index contributed by atoms with van der Waals surface area (Å²) >= 11 is 0. The van der Waals surface area contributed by atoms with Gasteiger partial charge in [-0.2, -0.15) is 5.10 Å². The van der Waals surface area contributed by atoms with Crippen LogP contribution in [0.4, 0.5) is 0 Å². The van der Waals surface area contributed by atoms with E-state index in [-0.39, 0.29) is 0 Å². The lowest BCUT2D eigenvalue weighted by molar-refractivity contribution is 0.0991. The predicted molar refractivity (Wildman–Crippen MR) is 95.8 cm³/mol. The van der Waals surface area contributed by atoms with Gasteiger partial charge in [0.25, 0.3) is 5.91 Å². The summed E-state index contributed by atoms with van der Waals surface area (Å²) in [5, 5.41) is 4.68. The van der Waals surface area contributed by atoms with E-state index in [2.05, 4.69) is 5.10 Å². The highest BCUT2D eigenvalue weighted by atomic mass is 16.1. The Kier molecular flexibility index (Phi) is 4.47. The van der Waals surface area contributed by atoms with Crippen molar-refractivity contribution in [3.8, 4) is 11.1 Å². The van der Waals surface area contributed by atoms with Crippen molar-refractivity contribution in [2.24, 2.45) is 5.73 Å². The Labute approximate surface area is 141 Å². The molecule has 0 radical (unpaired) electrons. The Morgan fingerprint density at radius 3 is 2.38 bits per heavy atom. The first-order valence-corrected chi connectivity index (χ1v) is 8.11. The summed E-state index contributed by atoms with van der Waals surface area (Å²) in [6.45, 7) is 4.60. The van der Waals surface area contributed by atoms with Crippen molar-refractivity contribution in [3.05, 3.63) is 77.1 Å². The lowest BCUT2D eigenvalue weighted by Gasteiger charge is -2.09. The number of aromatic nitrogens is 2. The van der Waals surface area contributed by atoms with Crippen LogP contribution in [0.25, 0.3) is 11.1 Å². The fourth-order valence-electron chi connectivity index (χ4n) is 3.02. The monoisotopic (exact) mass is 319 g/mol. The fourth-order valence-corrected chi connectivity index (χ4v) is 3.02. The molecule has 4 nitrogen and oxygen atoms in total. The van der Waals surface area contributed by atoms with E-state index in [9.17, 15) is 4.79 Å². The van der Waals surface area contributed by atoms with Crippen LogP contribution in [-0.2, 0) is 13.0 Å². The van der Waals surface area contributed by atoms with E-state index in [1.165, 1.54) is 0 Å². The Balaban J connectivity index is 2.18. The number of hydrogen-bond donors (Lipinski definition) is 1. The Morgan fingerprint density at radius 1 is 1.08 bits per heavy atom. The van der Waals surface area contributed by atoms with Crippen molar-refractivity contribution < 1.29 is 4.79 Å². The minimum Gasteiger partial charge on any atom is -0.364 e. The minimum atomic E-state index is -0.448. The van der Waals surface area contributed by atoms with Gasteiger partial charge < -0.3 is 5.73 Å². The first-order valence-electron chi connectivity index (χ1n) is 8.11. The Hall–Kier alpha value is -2.88. The molecule has 0 unspecified atom stereocenters. The molecule has 0 saturated carbocycles.